The Labute approximate surface area is 138 Å². The summed E-state index contributed by atoms with van der Waals surface area (Å²) in [6, 6.07) is 6.83. The molecular formula is C15H21NO8. The molecule has 134 valence electrons. The summed E-state index contributed by atoms with van der Waals surface area (Å²) in [7, 11) is 0. The molecule has 1 aliphatic rings. The second-order valence-electron chi connectivity index (χ2n) is 5.13. The van der Waals surface area contributed by atoms with Gasteiger partial charge >= 0.3 is 11.9 Å². The number of carbonyl (C=O) groups is 2. The molecule has 9 heteroatoms. The quantitative estimate of drug-likeness (QED) is 0.465. The lowest BCUT2D eigenvalue weighted by molar-refractivity contribution is -0.198. The molecule has 1 aliphatic heterocycles. The number of nitrogen functional groups attached to an aromatic ring is 1. The highest BCUT2D eigenvalue weighted by molar-refractivity contribution is 5.75. The zero-order valence-corrected chi connectivity index (χ0v) is 12.9. The highest BCUT2D eigenvalue weighted by Gasteiger charge is 2.30. The van der Waals surface area contributed by atoms with E-state index in [1.54, 1.807) is 24.3 Å². The molecule has 3 atom stereocenters. The number of hydrogen-bond acceptors (Lipinski definition) is 7. The summed E-state index contributed by atoms with van der Waals surface area (Å²) >= 11 is 0. The van der Waals surface area contributed by atoms with Crippen molar-refractivity contribution >= 4 is 17.6 Å². The van der Waals surface area contributed by atoms with Crippen LogP contribution in [0, 0.1) is 0 Å². The predicted molar refractivity (Wildman–Crippen MR) is 82.4 cm³/mol. The van der Waals surface area contributed by atoms with E-state index in [0.717, 1.165) is 0 Å². The molecule has 24 heavy (non-hydrogen) atoms. The average molecular weight is 343 g/mol. The second-order valence-corrected chi connectivity index (χ2v) is 5.13. The fourth-order valence-corrected chi connectivity index (χ4v) is 1.78. The summed E-state index contributed by atoms with van der Waals surface area (Å²) in [4.78, 5) is 19.3. The maximum Gasteiger partial charge on any atom is 0.303 e. The molecule has 6 N–H and O–H groups in total. The van der Waals surface area contributed by atoms with E-state index in [1.807, 2.05) is 0 Å². The summed E-state index contributed by atoms with van der Waals surface area (Å²) in [5.41, 5.74) is 6.18. The SMILES string of the molecule is Nc1ccc(O[C@H]2OC[C@@H](O)C[C@@H]2O)cc1.O=C(O)CCC(=O)O. The Hall–Kier alpha value is -2.36. The smallest absolute Gasteiger partial charge is 0.303 e. The minimum Gasteiger partial charge on any atom is -0.481 e. The summed E-state index contributed by atoms with van der Waals surface area (Å²) < 4.78 is 10.6. The van der Waals surface area contributed by atoms with Crippen molar-refractivity contribution in [1.82, 2.24) is 0 Å². The minimum atomic E-state index is -1.08. The number of hydrogen-bond donors (Lipinski definition) is 5. The van der Waals surface area contributed by atoms with Gasteiger partial charge in [0.1, 0.15) is 11.9 Å². The first-order valence-corrected chi connectivity index (χ1v) is 7.21. The van der Waals surface area contributed by atoms with Gasteiger partial charge in [0.2, 0.25) is 6.29 Å². The summed E-state index contributed by atoms with van der Waals surface area (Å²) in [6.07, 6.45) is -2.50. The van der Waals surface area contributed by atoms with Crippen molar-refractivity contribution < 1.29 is 39.5 Å². The first kappa shape index (κ1) is 19.7. The van der Waals surface area contributed by atoms with Gasteiger partial charge in [-0.2, -0.15) is 0 Å². The first-order valence-electron chi connectivity index (χ1n) is 7.21. The van der Waals surface area contributed by atoms with Crippen LogP contribution in [0.4, 0.5) is 5.69 Å². The van der Waals surface area contributed by atoms with Gasteiger partial charge in [-0.15, -0.1) is 0 Å². The number of carboxylic acids is 2. The molecule has 0 aromatic heterocycles. The number of anilines is 1. The molecule has 2 rings (SSSR count). The van der Waals surface area contributed by atoms with Crippen LogP contribution in [0.5, 0.6) is 5.75 Å². The van der Waals surface area contributed by atoms with E-state index < -0.39 is 30.4 Å². The Morgan fingerprint density at radius 3 is 2.12 bits per heavy atom. The van der Waals surface area contributed by atoms with Crippen molar-refractivity contribution in [2.24, 2.45) is 0 Å². The third-order valence-corrected chi connectivity index (χ3v) is 2.97. The van der Waals surface area contributed by atoms with Gasteiger partial charge in [-0.1, -0.05) is 0 Å². The molecule has 0 saturated carbocycles. The first-order chi connectivity index (χ1) is 11.3. The Morgan fingerprint density at radius 2 is 1.67 bits per heavy atom. The topological polar surface area (TPSA) is 160 Å². The molecule has 1 saturated heterocycles. The van der Waals surface area contributed by atoms with Crippen LogP contribution in [-0.2, 0) is 14.3 Å². The molecule has 1 aromatic rings. The van der Waals surface area contributed by atoms with Gasteiger partial charge in [-0.3, -0.25) is 9.59 Å². The third kappa shape index (κ3) is 7.77. The van der Waals surface area contributed by atoms with Gasteiger partial charge in [0.25, 0.3) is 0 Å². The maximum absolute atomic E-state index is 9.64. The fourth-order valence-electron chi connectivity index (χ4n) is 1.78. The van der Waals surface area contributed by atoms with E-state index in [9.17, 15) is 19.8 Å². The van der Waals surface area contributed by atoms with Crippen LogP contribution in [0.3, 0.4) is 0 Å². The molecule has 0 bridgehead atoms. The minimum absolute atomic E-state index is 0.177. The lowest BCUT2D eigenvalue weighted by Gasteiger charge is -2.30. The number of aliphatic hydroxyl groups excluding tert-OH is 2. The Balaban J connectivity index is 0.000000307. The largest absolute Gasteiger partial charge is 0.481 e. The van der Waals surface area contributed by atoms with Crippen molar-refractivity contribution in [3.8, 4) is 5.75 Å². The molecule has 0 unspecified atom stereocenters. The van der Waals surface area contributed by atoms with E-state index in [2.05, 4.69) is 0 Å². The summed E-state index contributed by atoms with van der Waals surface area (Å²) in [6.45, 7) is 0.177. The summed E-state index contributed by atoms with van der Waals surface area (Å²) in [5, 5.41) is 34.7. The van der Waals surface area contributed by atoms with E-state index in [0.29, 0.717) is 11.4 Å². The molecular weight excluding hydrogens is 322 g/mol. The van der Waals surface area contributed by atoms with Crippen molar-refractivity contribution in [1.29, 1.82) is 0 Å². The number of aliphatic hydroxyl groups is 2. The Kier molecular flexibility index (Phi) is 7.96. The maximum atomic E-state index is 9.64. The van der Waals surface area contributed by atoms with Gasteiger partial charge in [0, 0.05) is 12.1 Å². The molecule has 0 radical (unpaired) electrons. The molecule has 1 fully saturated rings. The van der Waals surface area contributed by atoms with Crippen LogP contribution >= 0.6 is 0 Å². The lowest BCUT2D eigenvalue weighted by atomic mass is 10.1. The molecule has 1 aromatic carbocycles. The van der Waals surface area contributed by atoms with Crippen LogP contribution in [-0.4, -0.2) is 57.5 Å². The normalized spacial score (nSPS) is 22.8. The van der Waals surface area contributed by atoms with Crippen LogP contribution in [0.15, 0.2) is 24.3 Å². The van der Waals surface area contributed by atoms with Gasteiger partial charge < -0.3 is 35.6 Å². The fraction of sp³-hybridized carbons (Fsp3) is 0.467. The van der Waals surface area contributed by atoms with Crippen LogP contribution in [0.1, 0.15) is 19.3 Å². The van der Waals surface area contributed by atoms with Crippen molar-refractivity contribution in [3.63, 3.8) is 0 Å². The van der Waals surface area contributed by atoms with Gasteiger partial charge in [-0.25, -0.2) is 0 Å². The van der Waals surface area contributed by atoms with Crippen LogP contribution in [0.25, 0.3) is 0 Å². The predicted octanol–water partition coefficient (Wildman–Crippen LogP) is 0.0516. The van der Waals surface area contributed by atoms with Gasteiger partial charge in [-0.05, 0) is 24.3 Å². The van der Waals surface area contributed by atoms with Gasteiger partial charge in [0.15, 0.2) is 0 Å². The highest BCUT2D eigenvalue weighted by Crippen LogP contribution is 2.20. The van der Waals surface area contributed by atoms with E-state index in [-0.39, 0.29) is 25.9 Å². The Bertz CT molecular complexity index is 519. The number of carboxylic acid groups (broad SMARTS) is 2. The van der Waals surface area contributed by atoms with E-state index in [1.165, 1.54) is 0 Å². The average Bonchev–Trinajstić information content (AvgIpc) is 2.51. The summed E-state index contributed by atoms with van der Waals surface area (Å²) in [5.74, 6) is -1.57. The molecule has 9 nitrogen and oxygen atoms in total. The molecule has 0 amide bonds. The van der Waals surface area contributed by atoms with E-state index >= 15 is 0 Å². The van der Waals surface area contributed by atoms with E-state index in [4.69, 9.17) is 25.4 Å². The molecule has 0 spiro atoms. The third-order valence-electron chi connectivity index (χ3n) is 2.97. The standard InChI is InChI=1S/C11H15NO4.C4H6O4/c12-7-1-3-9(4-2-7)16-11-10(14)5-8(13)6-15-11;5-3(6)1-2-4(7)8/h1-4,8,10-11,13-14H,5-6,12H2;1-2H2,(H,5,6)(H,7,8)/t8-,10-,11+;/m0./s1. The van der Waals surface area contributed by atoms with Crippen molar-refractivity contribution in [3.05, 3.63) is 24.3 Å². The van der Waals surface area contributed by atoms with Crippen molar-refractivity contribution in [2.45, 2.75) is 37.8 Å². The van der Waals surface area contributed by atoms with Crippen molar-refractivity contribution in [2.75, 3.05) is 12.3 Å². The lowest BCUT2D eigenvalue weighted by Crippen LogP contribution is -2.44. The van der Waals surface area contributed by atoms with Crippen LogP contribution < -0.4 is 10.5 Å². The molecule has 1 heterocycles. The van der Waals surface area contributed by atoms with Gasteiger partial charge in [0.05, 0.1) is 25.6 Å². The number of benzene rings is 1. The number of nitrogens with two attached hydrogens (primary N) is 1. The number of rotatable bonds is 5. The zero-order chi connectivity index (χ0) is 18.1. The number of aliphatic carboxylic acids is 2. The highest BCUT2D eigenvalue weighted by atomic mass is 16.7. The zero-order valence-electron chi connectivity index (χ0n) is 12.9. The second kappa shape index (κ2) is 9.71. The monoisotopic (exact) mass is 343 g/mol. The number of ether oxygens (including phenoxy) is 2. The van der Waals surface area contributed by atoms with Crippen LogP contribution in [0.2, 0.25) is 0 Å². The Morgan fingerprint density at radius 1 is 1.12 bits per heavy atom. The molecule has 0 aliphatic carbocycles.